The van der Waals surface area contributed by atoms with Gasteiger partial charge in [0.15, 0.2) is 0 Å². The van der Waals surface area contributed by atoms with Gasteiger partial charge in [-0.3, -0.25) is 0 Å². The summed E-state index contributed by atoms with van der Waals surface area (Å²) in [7, 11) is 0. The van der Waals surface area contributed by atoms with Crippen LogP contribution < -0.4 is 0 Å². The third-order valence-electron chi connectivity index (χ3n) is 3.02. The van der Waals surface area contributed by atoms with Gasteiger partial charge >= 0.3 is 6.18 Å². The minimum absolute atomic E-state index is 0.0889. The van der Waals surface area contributed by atoms with Gasteiger partial charge < -0.3 is 9.84 Å². The molecule has 94 valence electrons. The number of alkyl halides is 3. The lowest BCUT2D eigenvalue weighted by Gasteiger charge is -2.23. The summed E-state index contributed by atoms with van der Waals surface area (Å²) in [6.07, 6.45) is -2.94. The van der Waals surface area contributed by atoms with Gasteiger partial charge in [-0.05, 0) is 36.5 Å². The Kier molecular flexibility index (Phi) is 3.28. The Bertz CT molecular complexity index is 395. The van der Waals surface area contributed by atoms with Crippen molar-refractivity contribution in [1.29, 1.82) is 0 Å². The summed E-state index contributed by atoms with van der Waals surface area (Å²) in [5, 5.41) is 9.67. The minimum atomic E-state index is -4.41. The second-order valence-corrected chi connectivity index (χ2v) is 4.16. The molecule has 1 saturated heterocycles. The highest BCUT2D eigenvalue weighted by molar-refractivity contribution is 5.40. The van der Waals surface area contributed by atoms with Crippen molar-refractivity contribution in [3.8, 4) is 5.75 Å². The van der Waals surface area contributed by atoms with Gasteiger partial charge in [0.1, 0.15) is 5.75 Å². The van der Waals surface area contributed by atoms with E-state index in [-0.39, 0.29) is 11.7 Å². The first-order chi connectivity index (χ1) is 7.98. The Hall–Kier alpha value is -1.23. The van der Waals surface area contributed by atoms with Crippen LogP contribution in [-0.2, 0) is 10.9 Å². The molecule has 0 radical (unpaired) electrons. The zero-order valence-corrected chi connectivity index (χ0v) is 9.13. The van der Waals surface area contributed by atoms with E-state index in [2.05, 4.69) is 0 Å². The van der Waals surface area contributed by atoms with Crippen LogP contribution in [0.15, 0.2) is 18.2 Å². The maximum Gasteiger partial charge on any atom is 0.416 e. The van der Waals surface area contributed by atoms with Gasteiger partial charge in [0.25, 0.3) is 0 Å². The van der Waals surface area contributed by atoms with E-state index < -0.39 is 11.7 Å². The van der Waals surface area contributed by atoms with Crippen LogP contribution in [0.4, 0.5) is 13.2 Å². The molecule has 1 aliphatic rings. The van der Waals surface area contributed by atoms with Crippen molar-refractivity contribution in [2.24, 2.45) is 0 Å². The summed E-state index contributed by atoms with van der Waals surface area (Å²) in [4.78, 5) is 0. The third kappa shape index (κ3) is 2.72. The average molecular weight is 246 g/mol. The lowest BCUT2D eigenvalue weighted by Crippen LogP contribution is -2.14. The van der Waals surface area contributed by atoms with Crippen molar-refractivity contribution in [2.75, 3.05) is 13.2 Å². The Labute approximate surface area is 97.0 Å². The SMILES string of the molecule is Oc1cc(C(F)(F)F)ccc1C1CCOCC1. The van der Waals surface area contributed by atoms with Crippen LogP contribution in [0.25, 0.3) is 0 Å². The van der Waals surface area contributed by atoms with Gasteiger partial charge in [-0.1, -0.05) is 6.07 Å². The molecule has 1 heterocycles. The quantitative estimate of drug-likeness (QED) is 0.823. The molecule has 0 saturated carbocycles. The minimum Gasteiger partial charge on any atom is -0.508 e. The van der Waals surface area contributed by atoms with Crippen LogP contribution in [0.2, 0.25) is 0 Å². The van der Waals surface area contributed by atoms with Gasteiger partial charge in [-0.2, -0.15) is 13.2 Å². The van der Waals surface area contributed by atoms with Crippen LogP contribution >= 0.6 is 0 Å². The van der Waals surface area contributed by atoms with Crippen molar-refractivity contribution >= 4 is 0 Å². The number of aromatic hydroxyl groups is 1. The highest BCUT2D eigenvalue weighted by atomic mass is 19.4. The molecule has 1 fully saturated rings. The number of halogens is 3. The van der Waals surface area contributed by atoms with E-state index in [1.54, 1.807) is 0 Å². The first-order valence-corrected chi connectivity index (χ1v) is 5.46. The smallest absolute Gasteiger partial charge is 0.416 e. The average Bonchev–Trinajstić information content (AvgIpc) is 2.29. The van der Waals surface area contributed by atoms with Crippen molar-refractivity contribution in [2.45, 2.75) is 24.9 Å². The molecular formula is C12H13F3O2. The Morgan fingerprint density at radius 3 is 2.35 bits per heavy atom. The first kappa shape index (κ1) is 12.2. The molecular weight excluding hydrogens is 233 g/mol. The fourth-order valence-corrected chi connectivity index (χ4v) is 2.07. The standard InChI is InChI=1S/C12H13F3O2/c13-12(14,15)9-1-2-10(11(16)7-9)8-3-5-17-6-4-8/h1-2,7-8,16H,3-6H2. The van der Waals surface area contributed by atoms with E-state index in [9.17, 15) is 18.3 Å². The van der Waals surface area contributed by atoms with Gasteiger partial charge in [0.05, 0.1) is 5.56 Å². The van der Waals surface area contributed by atoms with E-state index in [0.29, 0.717) is 18.8 Å². The summed E-state index contributed by atoms with van der Waals surface area (Å²) in [6.45, 7) is 1.18. The number of rotatable bonds is 1. The molecule has 0 atom stereocenters. The monoisotopic (exact) mass is 246 g/mol. The summed E-state index contributed by atoms with van der Waals surface area (Å²) < 4.78 is 42.4. The largest absolute Gasteiger partial charge is 0.508 e. The van der Waals surface area contributed by atoms with Gasteiger partial charge in [0, 0.05) is 13.2 Å². The number of hydrogen-bond acceptors (Lipinski definition) is 2. The molecule has 0 amide bonds. The maximum absolute atomic E-state index is 12.4. The molecule has 1 aromatic carbocycles. The second-order valence-electron chi connectivity index (χ2n) is 4.16. The van der Waals surface area contributed by atoms with Crippen LogP contribution in [0, 0.1) is 0 Å². The molecule has 0 unspecified atom stereocenters. The normalized spacial score (nSPS) is 18.3. The van der Waals surface area contributed by atoms with Crippen molar-refractivity contribution in [1.82, 2.24) is 0 Å². The van der Waals surface area contributed by atoms with Gasteiger partial charge in [-0.15, -0.1) is 0 Å². The highest BCUT2D eigenvalue weighted by Crippen LogP contribution is 2.37. The Balaban J connectivity index is 2.25. The fraction of sp³-hybridized carbons (Fsp3) is 0.500. The Morgan fingerprint density at radius 1 is 1.18 bits per heavy atom. The van der Waals surface area contributed by atoms with E-state index in [0.717, 1.165) is 25.0 Å². The molecule has 0 spiro atoms. The molecule has 17 heavy (non-hydrogen) atoms. The summed E-state index contributed by atoms with van der Waals surface area (Å²) in [6, 6.07) is 3.18. The maximum atomic E-state index is 12.4. The van der Waals surface area contributed by atoms with Crippen LogP contribution in [-0.4, -0.2) is 18.3 Å². The molecule has 1 aliphatic heterocycles. The summed E-state index contributed by atoms with van der Waals surface area (Å²) in [5.74, 6) is -0.183. The van der Waals surface area contributed by atoms with E-state index in [1.165, 1.54) is 6.07 Å². The topological polar surface area (TPSA) is 29.5 Å². The van der Waals surface area contributed by atoms with Crippen LogP contribution in [0.5, 0.6) is 5.75 Å². The third-order valence-corrected chi connectivity index (χ3v) is 3.02. The van der Waals surface area contributed by atoms with Crippen molar-refractivity contribution < 1.29 is 23.0 Å². The number of phenolic OH excluding ortho intramolecular Hbond substituents is 1. The molecule has 0 bridgehead atoms. The molecule has 0 aliphatic carbocycles. The van der Waals surface area contributed by atoms with Crippen LogP contribution in [0.1, 0.15) is 29.9 Å². The lowest BCUT2D eigenvalue weighted by atomic mass is 9.90. The predicted molar refractivity (Wildman–Crippen MR) is 55.9 cm³/mol. The van der Waals surface area contributed by atoms with Crippen molar-refractivity contribution in [3.05, 3.63) is 29.3 Å². The molecule has 1 aromatic rings. The zero-order chi connectivity index (χ0) is 12.5. The highest BCUT2D eigenvalue weighted by Gasteiger charge is 2.31. The zero-order valence-electron chi connectivity index (χ0n) is 9.13. The molecule has 2 rings (SSSR count). The summed E-state index contributed by atoms with van der Waals surface area (Å²) >= 11 is 0. The molecule has 0 aromatic heterocycles. The predicted octanol–water partition coefficient (Wildman–Crippen LogP) is 3.31. The van der Waals surface area contributed by atoms with E-state index >= 15 is 0 Å². The number of benzene rings is 1. The van der Waals surface area contributed by atoms with Gasteiger partial charge in [-0.25, -0.2) is 0 Å². The second kappa shape index (κ2) is 4.56. The molecule has 1 N–H and O–H groups in total. The molecule has 5 heteroatoms. The number of phenols is 1. The lowest BCUT2D eigenvalue weighted by molar-refractivity contribution is -0.137. The van der Waals surface area contributed by atoms with Gasteiger partial charge in [0.2, 0.25) is 0 Å². The summed E-state index contributed by atoms with van der Waals surface area (Å²) in [5.41, 5.74) is -0.230. The van der Waals surface area contributed by atoms with E-state index in [1.807, 2.05) is 0 Å². The first-order valence-electron chi connectivity index (χ1n) is 5.46. The Morgan fingerprint density at radius 2 is 1.82 bits per heavy atom. The van der Waals surface area contributed by atoms with E-state index in [4.69, 9.17) is 4.74 Å². The number of hydrogen-bond donors (Lipinski definition) is 1. The molecule has 2 nitrogen and oxygen atoms in total. The fourth-order valence-electron chi connectivity index (χ4n) is 2.07. The number of ether oxygens (including phenoxy) is 1. The van der Waals surface area contributed by atoms with Crippen molar-refractivity contribution in [3.63, 3.8) is 0 Å². The van der Waals surface area contributed by atoms with Crippen LogP contribution in [0.3, 0.4) is 0 Å².